The molecule has 1 aromatic rings. The number of β-lactam (4-membered cyclic amide) rings is 1. The number of hydrogen-bond donors (Lipinski definition) is 2. The van der Waals surface area contributed by atoms with Crippen LogP contribution in [0.3, 0.4) is 0 Å². The number of carboxylic acid groups (broad SMARTS) is 1. The van der Waals surface area contributed by atoms with E-state index in [0.717, 1.165) is 0 Å². The minimum Gasteiger partial charge on any atom is -0.481 e. The molecule has 2 aliphatic rings. The topological polar surface area (TPSA) is 136 Å². The average Bonchev–Trinajstić information content (AvgIpc) is 3.12. The van der Waals surface area contributed by atoms with Gasteiger partial charge in [0.15, 0.2) is 8.68 Å². The van der Waals surface area contributed by atoms with Gasteiger partial charge in [0.25, 0.3) is 0 Å². The van der Waals surface area contributed by atoms with Gasteiger partial charge in [-0.15, -0.1) is 22.0 Å². The molecule has 0 bridgehead atoms. The van der Waals surface area contributed by atoms with Crippen LogP contribution in [0.5, 0.6) is 0 Å². The average molecular weight is 451 g/mol. The molecule has 2 fully saturated rings. The Kier molecular flexibility index (Phi) is 6.56. The fourth-order valence-electron chi connectivity index (χ4n) is 2.64. The van der Waals surface area contributed by atoms with E-state index in [1.54, 1.807) is 11.8 Å². The van der Waals surface area contributed by atoms with Crippen LogP contribution in [-0.2, 0) is 19.1 Å². The van der Waals surface area contributed by atoms with Gasteiger partial charge in [0.2, 0.25) is 5.91 Å². The molecule has 9 nitrogen and oxygen atoms in total. The molecule has 3 rings (SSSR count). The molecule has 0 aromatic carbocycles. The molecule has 3 N–H and O–H groups in total. The van der Waals surface area contributed by atoms with Gasteiger partial charge in [-0.1, -0.05) is 34.9 Å². The van der Waals surface area contributed by atoms with Crippen LogP contribution in [0, 0.1) is 5.41 Å². The summed E-state index contributed by atoms with van der Waals surface area (Å²) in [5, 5.41) is 17.7. The molecule has 0 saturated carbocycles. The number of amides is 1. The summed E-state index contributed by atoms with van der Waals surface area (Å²) in [6.45, 7) is 2.23. The monoisotopic (exact) mass is 450 g/mol. The number of aliphatic carboxylic acids is 1. The first-order valence-electron chi connectivity index (χ1n) is 8.02. The van der Waals surface area contributed by atoms with Crippen LogP contribution >= 0.6 is 46.6 Å². The minimum absolute atomic E-state index is 0.123. The lowest BCUT2D eigenvalue weighted by Gasteiger charge is -2.52. The number of esters is 1. The number of fused-ring (bicyclic) bond motifs is 1. The predicted molar refractivity (Wildman–Crippen MR) is 104 cm³/mol. The van der Waals surface area contributed by atoms with Crippen molar-refractivity contribution in [2.45, 2.75) is 27.0 Å². The second kappa shape index (κ2) is 8.55. The molecule has 13 heteroatoms. The Morgan fingerprint density at radius 2 is 2.11 bits per heavy atom. The van der Waals surface area contributed by atoms with Crippen LogP contribution in [0.2, 0.25) is 0 Å². The van der Waals surface area contributed by atoms with E-state index in [9.17, 15) is 19.5 Å². The Hall–Kier alpha value is -1.02. The smallest absolute Gasteiger partial charge is 0.316 e. The molecule has 2 aliphatic heterocycles. The van der Waals surface area contributed by atoms with E-state index in [1.807, 2.05) is 0 Å². The molecule has 148 valence electrons. The fourth-order valence-corrected chi connectivity index (χ4v) is 7.27. The first-order chi connectivity index (χ1) is 12.9. The van der Waals surface area contributed by atoms with Gasteiger partial charge in [-0.05, 0) is 6.92 Å². The van der Waals surface area contributed by atoms with Gasteiger partial charge in [0.1, 0.15) is 16.8 Å². The first kappa shape index (κ1) is 20.7. The van der Waals surface area contributed by atoms with E-state index >= 15 is 0 Å². The summed E-state index contributed by atoms with van der Waals surface area (Å²) in [7, 11) is 0. The molecule has 3 heterocycles. The van der Waals surface area contributed by atoms with Gasteiger partial charge in [0.05, 0.1) is 12.4 Å². The molecule has 0 spiro atoms. The maximum atomic E-state index is 11.9. The summed E-state index contributed by atoms with van der Waals surface area (Å²) in [6, 6.07) is -0.531. The molecule has 0 radical (unpaired) electrons. The predicted octanol–water partition coefficient (Wildman–Crippen LogP) is 0.599. The lowest BCUT2D eigenvalue weighted by molar-refractivity contribution is -0.155. The van der Waals surface area contributed by atoms with E-state index in [-0.39, 0.29) is 35.3 Å². The van der Waals surface area contributed by atoms with Gasteiger partial charge >= 0.3 is 11.9 Å². The number of carbonyl (C=O) groups is 3. The van der Waals surface area contributed by atoms with Crippen LogP contribution in [0.15, 0.2) is 8.68 Å². The van der Waals surface area contributed by atoms with E-state index in [2.05, 4.69) is 10.2 Å². The van der Waals surface area contributed by atoms with Crippen molar-refractivity contribution in [1.82, 2.24) is 15.1 Å². The zero-order chi connectivity index (χ0) is 19.6. The second-order valence-corrected chi connectivity index (χ2v) is 10.5. The van der Waals surface area contributed by atoms with Crippen molar-refractivity contribution in [3.05, 3.63) is 0 Å². The van der Waals surface area contributed by atoms with Crippen molar-refractivity contribution >= 4 is 64.5 Å². The highest BCUT2D eigenvalue weighted by atomic mass is 32.2. The number of carbonyl (C=O) groups excluding carboxylic acids is 2. The summed E-state index contributed by atoms with van der Waals surface area (Å²) < 4.78 is 6.11. The van der Waals surface area contributed by atoms with Crippen LogP contribution in [0.1, 0.15) is 6.92 Å². The lowest BCUT2D eigenvalue weighted by atomic mass is 9.89. The van der Waals surface area contributed by atoms with Crippen molar-refractivity contribution in [2.24, 2.45) is 11.1 Å². The summed E-state index contributed by atoms with van der Waals surface area (Å²) in [5.74, 6) is -0.629. The van der Waals surface area contributed by atoms with Crippen LogP contribution < -0.4 is 5.73 Å². The fraction of sp³-hybridized carbons (Fsp3) is 0.643. The van der Waals surface area contributed by atoms with Gasteiger partial charge in [-0.3, -0.25) is 14.4 Å². The maximum Gasteiger partial charge on any atom is 0.316 e. The number of hydrogen-bond acceptors (Lipinski definition) is 11. The van der Waals surface area contributed by atoms with Gasteiger partial charge in [-0.2, -0.15) is 0 Å². The highest BCUT2D eigenvalue weighted by Crippen LogP contribution is 2.44. The van der Waals surface area contributed by atoms with Crippen molar-refractivity contribution in [2.75, 3.05) is 30.4 Å². The number of aromatic nitrogens is 2. The summed E-state index contributed by atoms with van der Waals surface area (Å²) >= 11 is 5.26. The van der Waals surface area contributed by atoms with Crippen molar-refractivity contribution in [3.63, 3.8) is 0 Å². The lowest BCUT2D eigenvalue weighted by Crippen LogP contribution is -2.72. The molecule has 27 heavy (non-hydrogen) atoms. The number of ether oxygens (including phenoxy) is 1. The molecule has 3 atom stereocenters. The Labute approximate surface area is 172 Å². The summed E-state index contributed by atoms with van der Waals surface area (Å²) in [6.07, 6.45) is 0. The number of nitrogens with zero attached hydrogens (tertiary/aromatic N) is 3. The van der Waals surface area contributed by atoms with Gasteiger partial charge < -0.3 is 20.5 Å². The normalized spacial score (nSPS) is 27.0. The van der Waals surface area contributed by atoms with Crippen LogP contribution in [0.4, 0.5) is 0 Å². The van der Waals surface area contributed by atoms with Crippen molar-refractivity contribution in [1.29, 1.82) is 0 Å². The summed E-state index contributed by atoms with van der Waals surface area (Å²) in [4.78, 5) is 36.7. The third-order valence-corrected chi connectivity index (χ3v) is 9.18. The standard InChI is InChI=1S/C14H18N4O5S4/c1-2-23-7(19)3-24-12-16-17-13(27-12)26-6-14(11(21)22)4-18-9(20)8(15)10(18)25-5-14/h8,10H,2-6,15H2,1H3,(H,21,22)/t8?,10-,14?/m1/s1. The van der Waals surface area contributed by atoms with Crippen LogP contribution in [-0.4, -0.2) is 79.9 Å². The molecule has 0 aliphatic carbocycles. The van der Waals surface area contributed by atoms with E-state index in [1.165, 1.54) is 46.6 Å². The molecule has 1 aromatic heterocycles. The van der Waals surface area contributed by atoms with Crippen molar-refractivity contribution < 1.29 is 24.2 Å². The van der Waals surface area contributed by atoms with E-state index < -0.39 is 17.4 Å². The van der Waals surface area contributed by atoms with Crippen LogP contribution in [0.25, 0.3) is 0 Å². The quantitative estimate of drug-likeness (QED) is 0.327. The first-order valence-corrected chi connectivity index (χ1v) is 11.9. The summed E-state index contributed by atoms with van der Waals surface area (Å²) in [5.41, 5.74) is 4.71. The Morgan fingerprint density at radius 1 is 1.41 bits per heavy atom. The zero-order valence-corrected chi connectivity index (χ0v) is 17.6. The number of carboxylic acids is 1. The maximum absolute atomic E-state index is 11.9. The molecular formula is C14H18N4O5S4. The SMILES string of the molecule is CCOC(=O)CSc1nnc(SCC2(C(=O)O)CS[C@@H]3C(N)C(=O)N3C2)s1. The highest BCUT2D eigenvalue weighted by molar-refractivity contribution is 8.03. The second-order valence-electron chi connectivity index (χ2n) is 6.00. The third-order valence-electron chi connectivity index (χ3n) is 4.12. The number of rotatable bonds is 8. The minimum atomic E-state index is -1.05. The van der Waals surface area contributed by atoms with Crippen molar-refractivity contribution in [3.8, 4) is 0 Å². The number of nitrogens with two attached hydrogens (primary N) is 1. The molecule has 2 unspecified atom stereocenters. The highest BCUT2D eigenvalue weighted by Gasteiger charge is 2.55. The number of thioether (sulfide) groups is 3. The van der Waals surface area contributed by atoms with Gasteiger partial charge in [0, 0.05) is 18.1 Å². The molecular weight excluding hydrogens is 432 g/mol. The Morgan fingerprint density at radius 3 is 2.78 bits per heavy atom. The Bertz CT molecular complexity index is 747. The molecule has 1 amide bonds. The van der Waals surface area contributed by atoms with Gasteiger partial charge in [-0.25, -0.2) is 0 Å². The zero-order valence-electron chi connectivity index (χ0n) is 14.3. The molecule has 2 saturated heterocycles. The largest absolute Gasteiger partial charge is 0.481 e. The Balaban J connectivity index is 1.57. The van der Waals surface area contributed by atoms with E-state index in [0.29, 0.717) is 21.0 Å². The van der Waals surface area contributed by atoms with E-state index in [4.69, 9.17) is 10.5 Å². The third kappa shape index (κ3) is 4.36.